The molecule has 104 valence electrons. The zero-order chi connectivity index (χ0) is 14.5. The molecular formula is C13H9I2NO3S. The summed E-state index contributed by atoms with van der Waals surface area (Å²) in [6, 6.07) is 12.0. The average Bonchev–Trinajstić information content (AvgIpc) is 2.50. The minimum Gasteiger partial charge on any atom is -0.384 e. The Morgan fingerprint density at radius 1 is 1.10 bits per heavy atom. The number of hydrogen-bond donors (Lipinski definition) is 1. The van der Waals surface area contributed by atoms with Gasteiger partial charge in [0.2, 0.25) is 0 Å². The van der Waals surface area contributed by atoms with Gasteiger partial charge in [0.25, 0.3) is 10.0 Å². The first-order valence-corrected chi connectivity index (χ1v) is 9.19. The normalized spacial score (nSPS) is 19.9. The molecule has 7 heteroatoms. The van der Waals surface area contributed by atoms with Crippen LogP contribution in [0.5, 0.6) is 0 Å². The molecular weight excluding hydrogens is 504 g/mol. The van der Waals surface area contributed by atoms with Crippen molar-refractivity contribution in [1.82, 2.24) is 0 Å². The lowest BCUT2D eigenvalue weighted by molar-refractivity contribution is 0.218. The molecule has 1 N–H and O–H groups in total. The highest BCUT2D eigenvalue weighted by Crippen LogP contribution is 2.42. The smallest absolute Gasteiger partial charge is 0.273 e. The van der Waals surface area contributed by atoms with Crippen molar-refractivity contribution >= 4 is 61.2 Å². The third kappa shape index (κ3) is 2.14. The second-order valence-electron chi connectivity index (χ2n) is 4.36. The second-order valence-corrected chi connectivity index (χ2v) is 8.98. The predicted octanol–water partition coefficient (Wildman–Crippen LogP) is 3.23. The van der Waals surface area contributed by atoms with E-state index in [2.05, 4.69) is 22.6 Å². The first-order chi connectivity index (χ1) is 9.43. The Labute approximate surface area is 144 Å². The molecule has 0 radical (unpaired) electrons. The molecule has 1 atom stereocenters. The van der Waals surface area contributed by atoms with Gasteiger partial charge in [-0.2, -0.15) is 0 Å². The van der Waals surface area contributed by atoms with E-state index in [4.69, 9.17) is 0 Å². The van der Waals surface area contributed by atoms with Crippen molar-refractivity contribution in [3.05, 3.63) is 57.2 Å². The van der Waals surface area contributed by atoms with Crippen molar-refractivity contribution < 1.29 is 13.5 Å². The van der Waals surface area contributed by atoms with Gasteiger partial charge in [0.15, 0.2) is 0 Å². The van der Waals surface area contributed by atoms with Gasteiger partial charge >= 0.3 is 0 Å². The molecule has 1 aliphatic heterocycles. The number of nitrogens with zero attached hydrogens (tertiary/aromatic N) is 1. The molecule has 1 unspecified atom stereocenters. The minimum absolute atomic E-state index is 0.155. The van der Waals surface area contributed by atoms with E-state index in [0.717, 1.165) is 3.57 Å². The van der Waals surface area contributed by atoms with Crippen LogP contribution in [-0.4, -0.2) is 13.5 Å². The Bertz CT molecular complexity index is 792. The van der Waals surface area contributed by atoms with Crippen LogP contribution in [0.25, 0.3) is 0 Å². The fourth-order valence-corrected chi connectivity index (χ4v) is 5.35. The van der Waals surface area contributed by atoms with Crippen LogP contribution in [0, 0.1) is 3.57 Å². The summed E-state index contributed by atoms with van der Waals surface area (Å²) in [7, 11) is -3.67. The van der Waals surface area contributed by atoms with Crippen molar-refractivity contribution in [3.8, 4) is 0 Å². The molecule has 0 amide bonds. The maximum atomic E-state index is 12.7. The van der Waals surface area contributed by atoms with E-state index in [1.165, 1.54) is 2.52 Å². The summed E-state index contributed by atoms with van der Waals surface area (Å²) in [5.41, 5.74) is 1.49. The van der Waals surface area contributed by atoms with E-state index in [9.17, 15) is 13.5 Å². The largest absolute Gasteiger partial charge is 0.384 e. The molecule has 0 spiro atoms. The lowest BCUT2D eigenvalue weighted by Crippen LogP contribution is -2.20. The van der Waals surface area contributed by atoms with Gasteiger partial charge in [-0.25, -0.2) is 10.9 Å². The number of rotatable bonds is 0. The third-order valence-electron chi connectivity index (χ3n) is 3.18. The summed E-state index contributed by atoms with van der Waals surface area (Å²) in [5, 5.41) is 10.5. The number of hydrogen-bond acceptors (Lipinski definition) is 3. The fourth-order valence-electron chi connectivity index (χ4n) is 2.22. The molecule has 4 nitrogen and oxygen atoms in total. The molecule has 0 aromatic heterocycles. The highest BCUT2D eigenvalue weighted by molar-refractivity contribution is 14.1. The Kier molecular flexibility index (Phi) is 3.72. The molecule has 0 aliphatic carbocycles. The summed E-state index contributed by atoms with van der Waals surface area (Å²) in [4.78, 5) is 0.155. The zero-order valence-corrected chi connectivity index (χ0v) is 15.1. The van der Waals surface area contributed by atoms with Crippen LogP contribution in [0.3, 0.4) is 0 Å². The van der Waals surface area contributed by atoms with Gasteiger partial charge in [0.05, 0.1) is 33.4 Å². The highest BCUT2D eigenvalue weighted by Gasteiger charge is 2.35. The third-order valence-corrected chi connectivity index (χ3v) is 7.45. The van der Waals surface area contributed by atoms with Gasteiger partial charge in [-0.3, -0.25) is 0 Å². The number of aliphatic hydroxyl groups excluding tert-OH is 1. The average molecular weight is 513 g/mol. The quantitative estimate of drug-likeness (QED) is 0.435. The van der Waals surface area contributed by atoms with Gasteiger partial charge in [-0.05, 0) is 40.8 Å². The first kappa shape index (κ1) is 14.5. The molecule has 0 saturated carbocycles. The van der Waals surface area contributed by atoms with Gasteiger partial charge in [0.1, 0.15) is 6.10 Å². The molecule has 1 heterocycles. The van der Waals surface area contributed by atoms with Gasteiger partial charge < -0.3 is 5.11 Å². The van der Waals surface area contributed by atoms with Gasteiger partial charge in [0, 0.05) is 14.7 Å². The lowest BCUT2D eigenvalue weighted by Gasteiger charge is -2.16. The number of halogens is 2. The van der Waals surface area contributed by atoms with E-state index in [1.54, 1.807) is 65.3 Å². The second kappa shape index (κ2) is 5.11. The zero-order valence-electron chi connectivity index (χ0n) is 9.99. The lowest BCUT2D eigenvalue weighted by atomic mass is 10.0. The van der Waals surface area contributed by atoms with Crippen LogP contribution in [-0.2, 0) is 10.0 Å². The maximum Gasteiger partial charge on any atom is 0.273 e. The van der Waals surface area contributed by atoms with Crippen LogP contribution in [0.15, 0.2) is 47.4 Å². The SMILES string of the molecule is O=S1(=O)c2cc(I)ccc2C(O)c2ccccc2N1I. The number of para-hydroxylation sites is 1. The summed E-state index contributed by atoms with van der Waals surface area (Å²) >= 11 is 3.83. The number of aliphatic hydroxyl groups is 1. The van der Waals surface area contributed by atoms with E-state index in [0.29, 0.717) is 16.8 Å². The Hall–Kier alpha value is -0.390. The van der Waals surface area contributed by atoms with Crippen molar-refractivity contribution in [2.75, 3.05) is 2.52 Å². The Morgan fingerprint density at radius 2 is 1.80 bits per heavy atom. The number of benzene rings is 2. The van der Waals surface area contributed by atoms with E-state index >= 15 is 0 Å². The number of fused-ring (bicyclic) bond motifs is 2. The van der Waals surface area contributed by atoms with Crippen LogP contribution < -0.4 is 2.52 Å². The van der Waals surface area contributed by atoms with Crippen LogP contribution >= 0.6 is 45.5 Å². The molecule has 0 saturated heterocycles. The monoisotopic (exact) mass is 513 g/mol. The van der Waals surface area contributed by atoms with E-state index in [1.807, 2.05) is 0 Å². The van der Waals surface area contributed by atoms with Crippen LogP contribution in [0.2, 0.25) is 0 Å². The number of anilines is 1. The van der Waals surface area contributed by atoms with Crippen molar-refractivity contribution in [2.45, 2.75) is 11.0 Å². The molecule has 20 heavy (non-hydrogen) atoms. The molecule has 3 rings (SSSR count). The summed E-state index contributed by atoms with van der Waals surface area (Å²) < 4.78 is 27.4. The predicted molar refractivity (Wildman–Crippen MR) is 93.3 cm³/mol. The molecule has 0 bridgehead atoms. The topological polar surface area (TPSA) is 57.6 Å². The molecule has 1 aliphatic rings. The molecule has 2 aromatic carbocycles. The van der Waals surface area contributed by atoms with Gasteiger partial charge in [-0.15, -0.1) is 0 Å². The van der Waals surface area contributed by atoms with E-state index in [-0.39, 0.29) is 4.90 Å². The highest BCUT2D eigenvalue weighted by atomic mass is 127. The molecule has 0 fully saturated rings. The van der Waals surface area contributed by atoms with Gasteiger partial charge in [-0.1, -0.05) is 24.3 Å². The van der Waals surface area contributed by atoms with Crippen molar-refractivity contribution in [2.24, 2.45) is 0 Å². The minimum atomic E-state index is -3.67. The maximum absolute atomic E-state index is 12.7. The summed E-state index contributed by atoms with van der Waals surface area (Å²) in [6.07, 6.45) is -0.951. The molecule has 2 aromatic rings. The number of sulfonamides is 1. The Morgan fingerprint density at radius 3 is 2.55 bits per heavy atom. The fraction of sp³-hybridized carbons (Fsp3) is 0.0769. The van der Waals surface area contributed by atoms with Crippen molar-refractivity contribution in [1.29, 1.82) is 0 Å². The Balaban J connectivity index is 2.41. The van der Waals surface area contributed by atoms with Crippen molar-refractivity contribution in [3.63, 3.8) is 0 Å². The summed E-state index contributed by atoms with van der Waals surface area (Å²) in [5.74, 6) is 0. The van der Waals surface area contributed by atoms with E-state index < -0.39 is 16.1 Å². The first-order valence-electron chi connectivity index (χ1n) is 5.70. The van der Waals surface area contributed by atoms with Crippen LogP contribution in [0.4, 0.5) is 5.69 Å². The summed E-state index contributed by atoms with van der Waals surface area (Å²) in [6.45, 7) is 0. The van der Waals surface area contributed by atoms with Crippen LogP contribution in [0.1, 0.15) is 17.2 Å². The standard InChI is InChI=1S/C13H9I2NO3S/c14-8-5-6-10-12(7-8)20(18,19)16(15)11-4-2-1-3-9(11)13(10)17/h1-7,13,17H.